The highest BCUT2D eigenvalue weighted by molar-refractivity contribution is 5.01. The maximum Gasteiger partial charge on any atom is 0.0692 e. The van der Waals surface area contributed by atoms with Crippen molar-refractivity contribution in [1.29, 1.82) is 0 Å². The summed E-state index contributed by atoms with van der Waals surface area (Å²) in [5, 5.41) is 9.10. The first-order valence-electron chi connectivity index (χ1n) is 5.12. The normalized spacial score (nSPS) is 42.7. The largest absolute Gasteiger partial charge is 0.389 e. The zero-order valence-electron chi connectivity index (χ0n) is 7.74. The number of fused-ring (bicyclic) bond motifs is 2. The molecule has 0 aliphatic heterocycles. The lowest BCUT2D eigenvalue weighted by Gasteiger charge is -2.17. The number of aliphatic hydroxyl groups is 1. The summed E-state index contributed by atoms with van der Waals surface area (Å²) in [7, 11) is 0. The van der Waals surface area contributed by atoms with Crippen LogP contribution in [0.3, 0.4) is 0 Å². The van der Waals surface area contributed by atoms with Crippen LogP contribution in [0.15, 0.2) is 12.2 Å². The summed E-state index contributed by atoms with van der Waals surface area (Å²) in [6.45, 7) is 1.82. The van der Waals surface area contributed by atoms with Gasteiger partial charge in [0.15, 0.2) is 0 Å². The molecule has 2 aliphatic carbocycles. The Morgan fingerprint density at radius 3 is 2.67 bits per heavy atom. The summed E-state index contributed by atoms with van der Waals surface area (Å²) in [4.78, 5) is 0. The van der Waals surface area contributed by atoms with Crippen LogP contribution in [0.4, 0.5) is 0 Å². The van der Waals surface area contributed by atoms with Gasteiger partial charge in [-0.15, -0.1) is 0 Å². The molecule has 2 saturated carbocycles. The Kier molecular flexibility index (Phi) is 2.22. The summed E-state index contributed by atoms with van der Waals surface area (Å²) in [6.07, 6.45) is 9.66. The monoisotopic (exact) mass is 166 g/mol. The smallest absolute Gasteiger partial charge is 0.0692 e. The Hall–Kier alpha value is -0.300. The van der Waals surface area contributed by atoms with E-state index in [-0.39, 0.29) is 6.10 Å². The molecular formula is C11H18O. The summed E-state index contributed by atoms with van der Waals surface area (Å²) >= 11 is 0. The molecule has 0 aromatic heterocycles. The van der Waals surface area contributed by atoms with Crippen LogP contribution < -0.4 is 0 Å². The van der Waals surface area contributed by atoms with Crippen LogP contribution in [-0.4, -0.2) is 11.2 Å². The zero-order chi connectivity index (χ0) is 8.55. The van der Waals surface area contributed by atoms with Crippen LogP contribution in [0.2, 0.25) is 0 Å². The second-order valence-corrected chi connectivity index (χ2v) is 4.46. The van der Waals surface area contributed by atoms with Gasteiger partial charge in [0.05, 0.1) is 6.10 Å². The quantitative estimate of drug-likeness (QED) is 0.624. The van der Waals surface area contributed by atoms with E-state index in [9.17, 15) is 0 Å². The van der Waals surface area contributed by atoms with Crippen molar-refractivity contribution in [2.24, 2.45) is 17.8 Å². The second kappa shape index (κ2) is 3.21. The van der Waals surface area contributed by atoms with Gasteiger partial charge in [0.2, 0.25) is 0 Å². The van der Waals surface area contributed by atoms with Crippen LogP contribution in [0, 0.1) is 17.8 Å². The standard InChI is InChI=1S/C11H18O/c1-8(12)2-4-10-6-9-3-5-11(10)7-9/h2,4,8-12H,3,5-7H2,1H3/b4-2+. The minimum atomic E-state index is -0.260. The Morgan fingerprint density at radius 1 is 1.33 bits per heavy atom. The third kappa shape index (κ3) is 1.56. The molecule has 12 heavy (non-hydrogen) atoms. The van der Waals surface area contributed by atoms with Crippen LogP contribution >= 0.6 is 0 Å². The van der Waals surface area contributed by atoms with E-state index < -0.39 is 0 Å². The zero-order valence-corrected chi connectivity index (χ0v) is 7.74. The van der Waals surface area contributed by atoms with E-state index in [1.165, 1.54) is 25.7 Å². The SMILES string of the molecule is CC(O)/C=C/C1CC2CCC1C2. The molecule has 0 radical (unpaired) electrons. The van der Waals surface area contributed by atoms with E-state index in [4.69, 9.17) is 5.11 Å². The van der Waals surface area contributed by atoms with E-state index >= 15 is 0 Å². The maximum atomic E-state index is 9.10. The predicted molar refractivity (Wildman–Crippen MR) is 49.8 cm³/mol. The molecule has 2 bridgehead atoms. The molecule has 4 atom stereocenters. The molecule has 0 aromatic rings. The average molecular weight is 166 g/mol. The van der Waals surface area contributed by atoms with Gasteiger partial charge in [-0.25, -0.2) is 0 Å². The van der Waals surface area contributed by atoms with E-state index in [0.717, 1.165) is 17.8 Å². The second-order valence-electron chi connectivity index (χ2n) is 4.46. The van der Waals surface area contributed by atoms with Crippen molar-refractivity contribution < 1.29 is 5.11 Å². The predicted octanol–water partition coefficient (Wildman–Crippen LogP) is 2.36. The Bertz CT molecular complexity index is 183. The first kappa shape index (κ1) is 8.31. The Morgan fingerprint density at radius 2 is 2.17 bits per heavy atom. The molecule has 0 amide bonds. The Labute approximate surface area is 74.5 Å². The van der Waals surface area contributed by atoms with Gasteiger partial charge in [0.1, 0.15) is 0 Å². The first-order chi connectivity index (χ1) is 5.75. The summed E-state index contributed by atoms with van der Waals surface area (Å²) in [5.41, 5.74) is 0. The molecule has 0 heterocycles. The minimum Gasteiger partial charge on any atom is -0.389 e. The molecule has 68 valence electrons. The molecule has 0 spiro atoms. The fourth-order valence-electron chi connectivity index (χ4n) is 2.83. The highest BCUT2D eigenvalue weighted by atomic mass is 16.3. The molecule has 1 heteroatoms. The minimum absolute atomic E-state index is 0.260. The number of hydrogen-bond donors (Lipinski definition) is 1. The fourth-order valence-corrected chi connectivity index (χ4v) is 2.83. The van der Waals surface area contributed by atoms with Crippen molar-refractivity contribution in [3.05, 3.63) is 12.2 Å². The van der Waals surface area contributed by atoms with Gasteiger partial charge in [-0.3, -0.25) is 0 Å². The van der Waals surface area contributed by atoms with Crippen molar-refractivity contribution >= 4 is 0 Å². The molecule has 4 unspecified atom stereocenters. The first-order valence-corrected chi connectivity index (χ1v) is 5.12. The molecule has 1 N–H and O–H groups in total. The van der Waals surface area contributed by atoms with Gasteiger partial charge in [0, 0.05) is 0 Å². The molecule has 0 aromatic carbocycles. The molecule has 0 saturated heterocycles. The highest BCUT2D eigenvalue weighted by Gasteiger charge is 2.37. The third-order valence-electron chi connectivity index (χ3n) is 3.43. The van der Waals surface area contributed by atoms with Crippen molar-refractivity contribution in [2.75, 3.05) is 0 Å². The van der Waals surface area contributed by atoms with Crippen LogP contribution in [0.5, 0.6) is 0 Å². The molecule has 2 fully saturated rings. The maximum absolute atomic E-state index is 9.10. The third-order valence-corrected chi connectivity index (χ3v) is 3.43. The van der Waals surface area contributed by atoms with Gasteiger partial charge in [-0.2, -0.15) is 0 Å². The van der Waals surface area contributed by atoms with Crippen molar-refractivity contribution in [2.45, 2.75) is 38.7 Å². The van der Waals surface area contributed by atoms with Gasteiger partial charge in [-0.1, -0.05) is 18.6 Å². The Balaban J connectivity index is 1.90. The van der Waals surface area contributed by atoms with Crippen LogP contribution in [-0.2, 0) is 0 Å². The van der Waals surface area contributed by atoms with E-state index in [0.29, 0.717) is 0 Å². The van der Waals surface area contributed by atoms with E-state index in [1.54, 1.807) is 0 Å². The fraction of sp³-hybridized carbons (Fsp3) is 0.818. The average Bonchev–Trinajstić information content (AvgIpc) is 2.60. The van der Waals surface area contributed by atoms with E-state index in [1.807, 2.05) is 13.0 Å². The number of rotatable bonds is 2. The molecule has 2 rings (SSSR count). The molecular weight excluding hydrogens is 148 g/mol. The lowest BCUT2D eigenvalue weighted by molar-refractivity contribution is 0.242. The topological polar surface area (TPSA) is 20.2 Å². The summed E-state index contributed by atoms with van der Waals surface area (Å²) in [5.74, 6) is 2.75. The van der Waals surface area contributed by atoms with Gasteiger partial charge in [-0.05, 0) is 43.9 Å². The summed E-state index contributed by atoms with van der Waals surface area (Å²) < 4.78 is 0. The van der Waals surface area contributed by atoms with Crippen molar-refractivity contribution in [3.63, 3.8) is 0 Å². The molecule has 1 nitrogen and oxygen atoms in total. The lowest BCUT2D eigenvalue weighted by Crippen LogP contribution is -2.08. The van der Waals surface area contributed by atoms with Gasteiger partial charge in [0.25, 0.3) is 0 Å². The highest BCUT2D eigenvalue weighted by Crippen LogP contribution is 2.48. The number of allylic oxidation sites excluding steroid dienone is 1. The van der Waals surface area contributed by atoms with Crippen molar-refractivity contribution in [3.8, 4) is 0 Å². The number of aliphatic hydroxyl groups excluding tert-OH is 1. The van der Waals surface area contributed by atoms with Gasteiger partial charge < -0.3 is 5.11 Å². The van der Waals surface area contributed by atoms with Crippen LogP contribution in [0.1, 0.15) is 32.6 Å². The van der Waals surface area contributed by atoms with Crippen molar-refractivity contribution in [1.82, 2.24) is 0 Å². The lowest BCUT2D eigenvalue weighted by atomic mass is 9.88. The van der Waals surface area contributed by atoms with Crippen LogP contribution in [0.25, 0.3) is 0 Å². The number of hydrogen-bond acceptors (Lipinski definition) is 1. The van der Waals surface area contributed by atoms with Gasteiger partial charge >= 0.3 is 0 Å². The molecule has 2 aliphatic rings. The summed E-state index contributed by atoms with van der Waals surface area (Å²) in [6, 6.07) is 0. The van der Waals surface area contributed by atoms with E-state index in [2.05, 4.69) is 6.08 Å².